The summed E-state index contributed by atoms with van der Waals surface area (Å²) in [4.78, 5) is 28.2. The summed E-state index contributed by atoms with van der Waals surface area (Å²) in [6.45, 7) is 1.23. The van der Waals surface area contributed by atoms with E-state index in [1.54, 1.807) is 12.4 Å². The number of carbonyl (C=O) groups is 1. The van der Waals surface area contributed by atoms with Crippen molar-refractivity contribution in [2.75, 3.05) is 13.7 Å². The Hall–Kier alpha value is -3.80. The molecule has 0 aliphatic carbocycles. The fraction of sp³-hybridized carbons (Fsp3) is 0.167. The number of carbonyl (C=O) groups excluding carboxylic acids is 1. The molecule has 0 saturated carbocycles. The van der Waals surface area contributed by atoms with E-state index in [1.165, 1.54) is 7.11 Å². The number of aromatic nitrogens is 3. The van der Waals surface area contributed by atoms with Crippen LogP contribution in [0.3, 0.4) is 0 Å². The van der Waals surface area contributed by atoms with Gasteiger partial charge in [-0.2, -0.15) is 0 Å². The Labute approximate surface area is 174 Å². The first-order valence-corrected chi connectivity index (χ1v) is 9.85. The maximum Gasteiger partial charge on any atom is 0.316 e. The van der Waals surface area contributed by atoms with Gasteiger partial charge in [0.15, 0.2) is 0 Å². The third-order valence-corrected chi connectivity index (χ3v) is 5.43. The van der Waals surface area contributed by atoms with E-state index in [0.29, 0.717) is 25.5 Å². The van der Waals surface area contributed by atoms with Crippen LogP contribution in [0.5, 0.6) is 6.01 Å². The molecule has 0 radical (unpaired) electrons. The number of pyridine rings is 1. The van der Waals surface area contributed by atoms with Crippen molar-refractivity contribution in [3.05, 3.63) is 83.8 Å². The summed E-state index contributed by atoms with van der Waals surface area (Å²) in [5, 5.41) is 1.12. The van der Waals surface area contributed by atoms with E-state index in [1.807, 2.05) is 47.4 Å². The van der Waals surface area contributed by atoms with Crippen LogP contribution in [0.4, 0.5) is 0 Å². The fourth-order valence-electron chi connectivity index (χ4n) is 3.90. The van der Waals surface area contributed by atoms with Crippen molar-refractivity contribution in [1.29, 1.82) is 0 Å². The average Bonchev–Trinajstić information content (AvgIpc) is 3.13. The molecule has 1 amide bonds. The number of nitrogens with zero attached hydrogens (tertiary/aromatic N) is 4. The van der Waals surface area contributed by atoms with Gasteiger partial charge in [-0.05, 0) is 23.3 Å². The van der Waals surface area contributed by atoms with Gasteiger partial charge in [-0.25, -0.2) is 9.97 Å². The van der Waals surface area contributed by atoms with Gasteiger partial charge in [0.2, 0.25) is 0 Å². The first kappa shape index (κ1) is 18.2. The zero-order valence-electron chi connectivity index (χ0n) is 16.6. The Morgan fingerprint density at radius 1 is 1.00 bits per heavy atom. The summed E-state index contributed by atoms with van der Waals surface area (Å²) in [5.74, 6) is 0.0391. The van der Waals surface area contributed by atoms with Crippen LogP contribution in [0, 0.1) is 0 Å². The predicted molar refractivity (Wildman–Crippen MR) is 114 cm³/mol. The lowest BCUT2D eigenvalue weighted by molar-refractivity contribution is 0.0780. The summed E-state index contributed by atoms with van der Waals surface area (Å²) in [6.07, 6.45) is 4.10. The monoisotopic (exact) mass is 396 g/mol. The van der Waals surface area contributed by atoms with E-state index in [9.17, 15) is 4.79 Å². The second kappa shape index (κ2) is 7.55. The Morgan fingerprint density at radius 3 is 2.67 bits per heavy atom. The zero-order chi connectivity index (χ0) is 20.5. The summed E-state index contributed by atoms with van der Waals surface area (Å²) in [7, 11) is 1.53. The molecule has 0 unspecified atom stereocenters. The molecular weight excluding hydrogens is 376 g/mol. The number of para-hydroxylation sites is 1. The van der Waals surface area contributed by atoms with Gasteiger partial charge in [0.25, 0.3) is 5.91 Å². The highest BCUT2D eigenvalue weighted by molar-refractivity contribution is 6.04. The lowest BCUT2D eigenvalue weighted by Crippen LogP contribution is -2.26. The van der Waals surface area contributed by atoms with Crippen molar-refractivity contribution >= 4 is 16.8 Å². The molecule has 6 nitrogen and oxygen atoms in total. The quantitative estimate of drug-likeness (QED) is 0.512. The molecule has 2 aromatic carbocycles. The maximum absolute atomic E-state index is 13.2. The molecule has 1 aliphatic heterocycles. The number of rotatable bonds is 5. The van der Waals surface area contributed by atoms with Gasteiger partial charge in [0.1, 0.15) is 0 Å². The lowest BCUT2D eigenvalue weighted by Gasteiger charge is -2.15. The molecule has 30 heavy (non-hydrogen) atoms. The summed E-state index contributed by atoms with van der Waals surface area (Å²) < 4.78 is 5.03. The molecule has 1 aliphatic rings. The highest BCUT2D eigenvalue weighted by atomic mass is 16.5. The number of ether oxygens (including phenoxy) is 1. The minimum atomic E-state index is 0.0391. The van der Waals surface area contributed by atoms with Crippen LogP contribution in [0.1, 0.15) is 21.6 Å². The minimum absolute atomic E-state index is 0.0391. The molecular formula is C24H20N4O2. The minimum Gasteiger partial charge on any atom is -0.467 e. The smallest absolute Gasteiger partial charge is 0.316 e. The average molecular weight is 396 g/mol. The van der Waals surface area contributed by atoms with Gasteiger partial charge < -0.3 is 9.64 Å². The van der Waals surface area contributed by atoms with Crippen molar-refractivity contribution in [3.63, 3.8) is 0 Å². The van der Waals surface area contributed by atoms with Gasteiger partial charge in [-0.1, -0.05) is 42.5 Å². The summed E-state index contributed by atoms with van der Waals surface area (Å²) in [5.41, 5.74) is 5.39. The van der Waals surface area contributed by atoms with Crippen LogP contribution in [0.15, 0.2) is 67.0 Å². The van der Waals surface area contributed by atoms with Gasteiger partial charge in [0.05, 0.1) is 18.2 Å². The number of amides is 1. The Morgan fingerprint density at radius 2 is 1.83 bits per heavy atom. The highest BCUT2D eigenvalue weighted by Crippen LogP contribution is 2.32. The van der Waals surface area contributed by atoms with E-state index in [2.05, 4.69) is 22.1 Å². The molecule has 5 rings (SSSR count). The van der Waals surface area contributed by atoms with E-state index >= 15 is 0 Å². The van der Waals surface area contributed by atoms with E-state index in [4.69, 9.17) is 9.72 Å². The topological polar surface area (TPSA) is 68.2 Å². The molecule has 0 bridgehead atoms. The first-order valence-electron chi connectivity index (χ1n) is 9.85. The van der Waals surface area contributed by atoms with Crippen LogP contribution >= 0.6 is 0 Å². The number of hydrogen-bond acceptors (Lipinski definition) is 5. The van der Waals surface area contributed by atoms with Crippen LogP contribution < -0.4 is 4.74 Å². The molecule has 0 atom stereocenters. The number of fused-ring (bicyclic) bond motifs is 2. The third kappa shape index (κ3) is 3.26. The summed E-state index contributed by atoms with van der Waals surface area (Å²) in [6, 6.07) is 18.4. The number of benzene rings is 2. The first-order chi connectivity index (χ1) is 14.7. The molecule has 6 heteroatoms. The standard InChI is InChI=1S/C24H20N4O2/c1-30-24-25-13-18(14-26-24)20-7-4-6-17-15-28(23(29)22(17)20)12-11-19-10-9-16-5-2-3-8-21(16)27-19/h2-10,13-14H,11-12,15H2,1H3. The SMILES string of the molecule is COc1ncc(-c2cccc3c2C(=O)N(CCc2ccc4ccccc4n2)C3)cn1. The molecule has 3 heterocycles. The molecule has 4 aromatic rings. The van der Waals surface area contributed by atoms with E-state index in [-0.39, 0.29) is 5.91 Å². The van der Waals surface area contributed by atoms with Crippen molar-refractivity contribution in [2.24, 2.45) is 0 Å². The number of hydrogen-bond donors (Lipinski definition) is 0. The van der Waals surface area contributed by atoms with Crippen molar-refractivity contribution in [1.82, 2.24) is 19.9 Å². The largest absolute Gasteiger partial charge is 0.467 e. The lowest BCUT2D eigenvalue weighted by atomic mass is 9.99. The predicted octanol–water partition coefficient (Wildman–Crippen LogP) is 3.90. The third-order valence-electron chi connectivity index (χ3n) is 5.43. The molecule has 148 valence electrons. The molecule has 0 spiro atoms. The zero-order valence-corrected chi connectivity index (χ0v) is 16.6. The van der Waals surface area contributed by atoms with E-state index < -0.39 is 0 Å². The molecule has 0 saturated heterocycles. The van der Waals surface area contributed by atoms with Crippen LogP contribution in [-0.2, 0) is 13.0 Å². The second-order valence-corrected chi connectivity index (χ2v) is 7.27. The fourth-order valence-corrected chi connectivity index (χ4v) is 3.90. The maximum atomic E-state index is 13.2. The Kier molecular flexibility index (Phi) is 4.59. The van der Waals surface area contributed by atoms with Crippen molar-refractivity contribution < 1.29 is 9.53 Å². The number of methoxy groups -OCH3 is 1. The second-order valence-electron chi connectivity index (χ2n) is 7.27. The van der Waals surface area contributed by atoms with Crippen LogP contribution in [0.25, 0.3) is 22.0 Å². The Balaban J connectivity index is 1.37. The molecule has 0 fully saturated rings. The van der Waals surface area contributed by atoms with Crippen LogP contribution in [0.2, 0.25) is 0 Å². The Bertz CT molecular complexity index is 1240. The van der Waals surface area contributed by atoms with Gasteiger partial charge in [-0.15, -0.1) is 0 Å². The van der Waals surface area contributed by atoms with E-state index in [0.717, 1.165) is 38.9 Å². The van der Waals surface area contributed by atoms with Gasteiger partial charge >= 0.3 is 6.01 Å². The summed E-state index contributed by atoms with van der Waals surface area (Å²) >= 11 is 0. The normalized spacial score (nSPS) is 13.0. The molecule has 0 N–H and O–H groups in total. The van der Waals surface area contributed by atoms with Crippen molar-refractivity contribution in [2.45, 2.75) is 13.0 Å². The molecule has 2 aromatic heterocycles. The van der Waals surface area contributed by atoms with Gasteiger partial charge in [-0.3, -0.25) is 9.78 Å². The van der Waals surface area contributed by atoms with Crippen LogP contribution in [-0.4, -0.2) is 39.4 Å². The highest BCUT2D eigenvalue weighted by Gasteiger charge is 2.30. The van der Waals surface area contributed by atoms with Crippen molar-refractivity contribution in [3.8, 4) is 17.1 Å². The van der Waals surface area contributed by atoms with Gasteiger partial charge in [0, 0.05) is 48.5 Å².